The second-order valence-electron chi connectivity index (χ2n) is 11.8. The van der Waals surface area contributed by atoms with Crippen molar-refractivity contribution in [2.45, 2.75) is 13.3 Å². The van der Waals surface area contributed by atoms with Crippen molar-refractivity contribution in [2.24, 2.45) is 0 Å². The summed E-state index contributed by atoms with van der Waals surface area (Å²) in [6.07, 6.45) is 6.79. The summed E-state index contributed by atoms with van der Waals surface area (Å²) in [7, 11) is 0. The minimum absolute atomic E-state index is 0.808. The molecule has 0 saturated heterocycles. The summed E-state index contributed by atoms with van der Waals surface area (Å²) in [5.41, 5.74) is 13.0. The maximum Gasteiger partial charge on any atom is 0.135 e. The average molecular weight is 592 g/mol. The summed E-state index contributed by atoms with van der Waals surface area (Å²) in [6, 6.07) is 50.5. The third-order valence-corrected chi connectivity index (χ3v) is 8.94. The average Bonchev–Trinajstić information content (AvgIpc) is 3.64. The first-order valence-electron chi connectivity index (χ1n) is 15.8. The third kappa shape index (κ3) is 4.85. The monoisotopic (exact) mass is 591 g/mol. The lowest BCUT2D eigenvalue weighted by atomic mass is 9.97. The molecule has 6 aromatic carbocycles. The largest absolute Gasteiger partial charge is 0.456 e. The predicted octanol–water partition coefficient (Wildman–Crippen LogP) is 12.1. The van der Waals surface area contributed by atoms with E-state index in [9.17, 15) is 0 Å². The smallest absolute Gasteiger partial charge is 0.135 e. The van der Waals surface area contributed by atoms with E-state index in [0.717, 1.165) is 28.7 Å². The van der Waals surface area contributed by atoms with Crippen LogP contribution in [0.2, 0.25) is 0 Å². The number of fused-ring (bicyclic) bond motifs is 4. The molecule has 0 radical (unpaired) electrons. The fourth-order valence-electron chi connectivity index (χ4n) is 6.68. The number of nitrogens with zero attached hydrogens (tertiary/aromatic N) is 1. The van der Waals surface area contributed by atoms with Crippen LogP contribution in [0.3, 0.4) is 0 Å². The first-order valence-corrected chi connectivity index (χ1v) is 15.8. The van der Waals surface area contributed by atoms with E-state index >= 15 is 0 Å². The van der Waals surface area contributed by atoms with E-state index < -0.39 is 0 Å². The molecular weight excluding hydrogens is 558 g/mol. The molecule has 2 heteroatoms. The molecule has 0 aliphatic heterocycles. The van der Waals surface area contributed by atoms with Crippen LogP contribution < -0.4 is 0 Å². The molecule has 0 N–H and O–H groups in total. The Kier molecular flexibility index (Phi) is 6.96. The number of para-hydroxylation sites is 2. The highest BCUT2D eigenvalue weighted by Gasteiger charge is 2.14. The Morgan fingerprint density at radius 2 is 1.17 bits per heavy atom. The van der Waals surface area contributed by atoms with Gasteiger partial charge in [-0.2, -0.15) is 0 Å². The van der Waals surface area contributed by atoms with E-state index in [1.807, 2.05) is 13.0 Å². The van der Waals surface area contributed by atoms with Crippen LogP contribution in [0.5, 0.6) is 0 Å². The van der Waals surface area contributed by atoms with Crippen molar-refractivity contribution in [1.82, 2.24) is 4.57 Å². The summed E-state index contributed by atoms with van der Waals surface area (Å²) >= 11 is 0. The first-order chi connectivity index (χ1) is 22.7. The maximum absolute atomic E-state index is 6.00. The molecule has 0 aliphatic rings. The number of rotatable bonds is 7. The summed E-state index contributed by atoms with van der Waals surface area (Å²) < 4.78 is 8.36. The number of aromatic nitrogens is 1. The van der Waals surface area contributed by atoms with Crippen LogP contribution in [0, 0.1) is 0 Å². The van der Waals surface area contributed by atoms with Gasteiger partial charge in [-0.1, -0.05) is 116 Å². The van der Waals surface area contributed by atoms with Gasteiger partial charge in [0.1, 0.15) is 11.3 Å². The van der Waals surface area contributed by atoms with Gasteiger partial charge < -0.3 is 8.98 Å². The second-order valence-corrected chi connectivity index (χ2v) is 11.8. The molecule has 8 rings (SSSR count). The highest BCUT2D eigenvalue weighted by atomic mass is 16.3. The minimum Gasteiger partial charge on any atom is -0.456 e. The second kappa shape index (κ2) is 11.6. The molecule has 0 amide bonds. The van der Waals surface area contributed by atoms with Crippen molar-refractivity contribution < 1.29 is 4.42 Å². The lowest BCUT2D eigenvalue weighted by Crippen LogP contribution is -1.92. The molecule has 0 saturated carbocycles. The van der Waals surface area contributed by atoms with E-state index in [1.165, 1.54) is 60.9 Å². The summed E-state index contributed by atoms with van der Waals surface area (Å²) in [4.78, 5) is 0. The van der Waals surface area contributed by atoms with Crippen molar-refractivity contribution in [1.29, 1.82) is 0 Å². The fourth-order valence-corrected chi connectivity index (χ4v) is 6.68. The van der Waals surface area contributed by atoms with Crippen molar-refractivity contribution >= 4 is 44.9 Å². The molecule has 0 fully saturated rings. The Bertz CT molecular complexity index is 2380. The zero-order chi connectivity index (χ0) is 31.0. The van der Waals surface area contributed by atoms with Gasteiger partial charge in [-0.25, -0.2) is 0 Å². The number of furan rings is 1. The van der Waals surface area contributed by atoms with Crippen LogP contribution in [-0.2, 0) is 6.42 Å². The van der Waals surface area contributed by atoms with Crippen molar-refractivity contribution in [2.75, 3.05) is 0 Å². The molecule has 0 atom stereocenters. The minimum atomic E-state index is 0.808. The Labute approximate surface area is 269 Å². The zero-order valence-electron chi connectivity index (χ0n) is 25.8. The summed E-state index contributed by atoms with van der Waals surface area (Å²) in [5.74, 6) is 0.808. The molecule has 2 heterocycles. The van der Waals surface area contributed by atoms with E-state index in [0.29, 0.717) is 0 Å². The topological polar surface area (TPSA) is 18.1 Å². The molecule has 2 aromatic heterocycles. The lowest BCUT2D eigenvalue weighted by Gasteiger charge is -2.09. The third-order valence-electron chi connectivity index (χ3n) is 8.94. The molecule has 0 spiro atoms. The molecule has 0 aliphatic carbocycles. The zero-order valence-corrected chi connectivity index (χ0v) is 25.8. The SMILES string of the molecule is C=Cc1oc2ccc(-c3ccc(Cc4ccc(-c5ccc6c(c5)c5ccccc5n6-c5ccccc5)cc4)cc3)cc2c1/C=C\C. The predicted molar refractivity (Wildman–Crippen MR) is 195 cm³/mol. The van der Waals surface area contributed by atoms with Gasteiger partial charge >= 0.3 is 0 Å². The molecule has 0 unspecified atom stereocenters. The molecular formula is C44H33NO. The standard InChI is InChI=1S/C44H33NO/c1-3-10-38-40-29-35(24-26-44(40)46-43(38)4-2)33-21-17-31(18-22-33)27-30-15-19-32(20-16-30)34-23-25-42-39(28-34)37-13-8-9-14-41(37)45(42)36-11-6-5-7-12-36/h3-26,28-29H,2,27H2,1H3/b10-3-. The fraction of sp³-hybridized carbons (Fsp3) is 0.0455. The van der Waals surface area contributed by atoms with Crippen LogP contribution in [0.4, 0.5) is 0 Å². The van der Waals surface area contributed by atoms with Gasteiger partial charge in [0.15, 0.2) is 0 Å². The molecule has 0 bridgehead atoms. The normalized spacial score (nSPS) is 11.7. The Balaban J connectivity index is 1.04. The summed E-state index contributed by atoms with van der Waals surface area (Å²) in [5, 5.41) is 3.65. The molecule has 46 heavy (non-hydrogen) atoms. The van der Waals surface area contributed by atoms with Gasteiger partial charge in [0.05, 0.1) is 11.0 Å². The van der Waals surface area contributed by atoms with Gasteiger partial charge in [0.2, 0.25) is 0 Å². The molecule has 220 valence electrons. The summed E-state index contributed by atoms with van der Waals surface area (Å²) in [6.45, 7) is 5.94. The van der Waals surface area contributed by atoms with Gasteiger partial charge in [-0.3, -0.25) is 0 Å². The quantitative estimate of drug-likeness (QED) is 0.180. The van der Waals surface area contributed by atoms with Crippen LogP contribution in [-0.4, -0.2) is 4.57 Å². The maximum atomic E-state index is 6.00. The van der Waals surface area contributed by atoms with Gasteiger partial charge in [0, 0.05) is 27.4 Å². The van der Waals surface area contributed by atoms with Crippen molar-refractivity contribution in [3.63, 3.8) is 0 Å². The molecule has 8 aromatic rings. The van der Waals surface area contributed by atoms with E-state index in [1.54, 1.807) is 6.08 Å². The number of allylic oxidation sites excluding steroid dienone is 1. The van der Waals surface area contributed by atoms with Gasteiger partial charge in [-0.05, 0) is 95.3 Å². The Morgan fingerprint density at radius 3 is 1.85 bits per heavy atom. The van der Waals surface area contributed by atoms with Crippen LogP contribution >= 0.6 is 0 Å². The van der Waals surface area contributed by atoms with Crippen molar-refractivity contribution in [3.8, 4) is 27.9 Å². The Morgan fingerprint density at radius 1 is 0.587 bits per heavy atom. The van der Waals surface area contributed by atoms with Gasteiger partial charge in [-0.15, -0.1) is 0 Å². The van der Waals surface area contributed by atoms with Crippen LogP contribution in [0.1, 0.15) is 29.4 Å². The highest BCUT2D eigenvalue weighted by Crippen LogP contribution is 2.35. The van der Waals surface area contributed by atoms with E-state index in [-0.39, 0.29) is 0 Å². The van der Waals surface area contributed by atoms with Crippen LogP contribution in [0.15, 0.2) is 157 Å². The molecule has 2 nitrogen and oxygen atoms in total. The van der Waals surface area contributed by atoms with Gasteiger partial charge in [0.25, 0.3) is 0 Å². The number of benzene rings is 6. The lowest BCUT2D eigenvalue weighted by molar-refractivity contribution is 0.603. The van der Waals surface area contributed by atoms with Crippen molar-refractivity contribution in [3.05, 3.63) is 175 Å². The highest BCUT2D eigenvalue weighted by molar-refractivity contribution is 6.10. The number of hydrogen-bond acceptors (Lipinski definition) is 1. The Hall–Kier alpha value is -5.86. The number of hydrogen-bond donors (Lipinski definition) is 0. The van der Waals surface area contributed by atoms with E-state index in [4.69, 9.17) is 4.42 Å². The van der Waals surface area contributed by atoms with Crippen LogP contribution in [0.25, 0.3) is 72.9 Å². The first kappa shape index (κ1) is 27.7. The van der Waals surface area contributed by atoms with E-state index in [2.05, 4.69) is 157 Å².